The van der Waals surface area contributed by atoms with E-state index < -0.39 is 21.9 Å². The summed E-state index contributed by atoms with van der Waals surface area (Å²) in [6.45, 7) is 1.50. The monoisotopic (exact) mass is 358 g/mol. The fourth-order valence-corrected chi connectivity index (χ4v) is 5.17. The molecule has 2 atom stereocenters. The van der Waals surface area contributed by atoms with Crippen LogP contribution in [0.1, 0.15) is 19.3 Å². The molecule has 2 aliphatic rings. The van der Waals surface area contributed by atoms with Gasteiger partial charge in [0.1, 0.15) is 5.82 Å². The van der Waals surface area contributed by atoms with E-state index in [-0.39, 0.29) is 16.4 Å². The number of aliphatic hydroxyl groups is 1. The smallest absolute Gasteiger partial charge is 0.243 e. The second-order valence-electron chi connectivity index (χ2n) is 6.49. The molecule has 3 N–H and O–H groups in total. The number of benzene rings is 1. The number of nitrogens with zero attached hydrogens (tertiary/aromatic N) is 1. The maximum atomic E-state index is 13.0. The third kappa shape index (κ3) is 2.97. The van der Waals surface area contributed by atoms with Crippen LogP contribution in [-0.4, -0.2) is 56.3 Å². The van der Waals surface area contributed by atoms with Crippen molar-refractivity contribution < 1.29 is 22.7 Å². The number of ether oxygens (including phenoxy) is 1. The number of hydrogen-bond donors (Lipinski definition) is 2. The lowest BCUT2D eigenvalue weighted by Gasteiger charge is -2.56. The van der Waals surface area contributed by atoms with Crippen molar-refractivity contribution in [2.24, 2.45) is 11.1 Å². The zero-order valence-corrected chi connectivity index (χ0v) is 14.2. The van der Waals surface area contributed by atoms with Crippen LogP contribution >= 0.6 is 0 Å². The second kappa shape index (κ2) is 6.68. The van der Waals surface area contributed by atoms with Gasteiger partial charge in [-0.05, 0) is 37.1 Å². The molecule has 24 heavy (non-hydrogen) atoms. The van der Waals surface area contributed by atoms with E-state index >= 15 is 0 Å². The fraction of sp³-hybridized carbons (Fsp3) is 0.625. The minimum Gasteiger partial charge on any atom is -0.392 e. The summed E-state index contributed by atoms with van der Waals surface area (Å²) in [6, 6.07) is 4.84. The minimum atomic E-state index is -3.64. The molecule has 1 spiro atoms. The lowest BCUT2D eigenvalue weighted by molar-refractivity contribution is -0.206. The average Bonchev–Trinajstić information content (AvgIpc) is 2.59. The van der Waals surface area contributed by atoms with Crippen LogP contribution in [-0.2, 0) is 14.8 Å². The van der Waals surface area contributed by atoms with Gasteiger partial charge in [0.25, 0.3) is 0 Å². The fourth-order valence-electron chi connectivity index (χ4n) is 3.72. The van der Waals surface area contributed by atoms with Crippen LogP contribution in [0.3, 0.4) is 0 Å². The van der Waals surface area contributed by atoms with Crippen LogP contribution in [0.15, 0.2) is 29.2 Å². The molecule has 1 saturated carbocycles. The molecule has 1 aliphatic heterocycles. The van der Waals surface area contributed by atoms with E-state index in [9.17, 15) is 17.9 Å². The zero-order chi connectivity index (χ0) is 17.4. The number of nitrogens with two attached hydrogens (primary N) is 1. The molecule has 1 aromatic carbocycles. The third-order valence-corrected chi connectivity index (χ3v) is 7.20. The maximum Gasteiger partial charge on any atom is 0.243 e. The molecule has 3 rings (SSSR count). The maximum absolute atomic E-state index is 13.0. The standard InChI is InChI=1S/C16H23FN2O4S/c17-12-1-3-13(4-2-12)24(21,22)19-8-5-16(6-9-19)14(20)11-15(16)23-10-7-18/h1-4,14-15,20H,5-11,18H2. The predicted octanol–water partition coefficient (Wildman–Crippen LogP) is 0.705. The van der Waals surface area contributed by atoms with Gasteiger partial charge in [-0.1, -0.05) is 0 Å². The molecular weight excluding hydrogens is 335 g/mol. The molecule has 0 radical (unpaired) electrons. The zero-order valence-electron chi connectivity index (χ0n) is 13.4. The van der Waals surface area contributed by atoms with Gasteiger partial charge in [-0.2, -0.15) is 4.31 Å². The predicted molar refractivity (Wildman–Crippen MR) is 86.2 cm³/mol. The minimum absolute atomic E-state index is 0.0632. The lowest BCUT2D eigenvalue weighted by Crippen LogP contribution is -2.62. The van der Waals surface area contributed by atoms with Crippen LogP contribution in [0.4, 0.5) is 4.39 Å². The Hall–Kier alpha value is -1.06. The Morgan fingerprint density at radius 2 is 1.92 bits per heavy atom. The Labute approximate surface area is 141 Å². The summed E-state index contributed by atoms with van der Waals surface area (Å²) in [5, 5.41) is 10.2. The van der Waals surface area contributed by atoms with Gasteiger partial charge in [0.05, 0.1) is 23.7 Å². The topological polar surface area (TPSA) is 92.9 Å². The molecule has 1 aromatic rings. The van der Waals surface area contributed by atoms with Crippen molar-refractivity contribution in [1.82, 2.24) is 4.31 Å². The Morgan fingerprint density at radius 1 is 1.29 bits per heavy atom. The van der Waals surface area contributed by atoms with Gasteiger partial charge >= 0.3 is 0 Å². The number of piperidine rings is 1. The lowest BCUT2D eigenvalue weighted by atomic mass is 9.58. The van der Waals surface area contributed by atoms with Gasteiger partial charge in [0.15, 0.2) is 0 Å². The quantitative estimate of drug-likeness (QED) is 0.808. The first-order chi connectivity index (χ1) is 11.4. The van der Waals surface area contributed by atoms with Crippen molar-refractivity contribution in [3.05, 3.63) is 30.1 Å². The molecule has 0 aromatic heterocycles. The summed E-state index contributed by atoms with van der Waals surface area (Å²) in [5.41, 5.74) is 5.09. The van der Waals surface area contributed by atoms with Crippen molar-refractivity contribution in [2.75, 3.05) is 26.2 Å². The second-order valence-corrected chi connectivity index (χ2v) is 8.43. The number of aliphatic hydroxyl groups excluding tert-OH is 1. The number of sulfonamides is 1. The third-order valence-electron chi connectivity index (χ3n) is 5.28. The van der Waals surface area contributed by atoms with E-state index in [1.54, 1.807) is 0 Å². The highest BCUT2D eigenvalue weighted by atomic mass is 32.2. The molecule has 0 amide bonds. The first-order valence-corrected chi connectivity index (χ1v) is 9.59. The molecule has 134 valence electrons. The van der Waals surface area contributed by atoms with E-state index in [1.165, 1.54) is 16.4 Å². The van der Waals surface area contributed by atoms with Gasteiger partial charge in [0, 0.05) is 31.5 Å². The van der Waals surface area contributed by atoms with Gasteiger partial charge in [0.2, 0.25) is 10.0 Å². The average molecular weight is 358 g/mol. The summed E-state index contributed by atoms with van der Waals surface area (Å²) in [4.78, 5) is 0.0879. The van der Waals surface area contributed by atoms with Crippen LogP contribution in [0.2, 0.25) is 0 Å². The van der Waals surface area contributed by atoms with E-state index in [2.05, 4.69) is 0 Å². The van der Waals surface area contributed by atoms with E-state index in [0.717, 1.165) is 12.1 Å². The summed E-state index contributed by atoms with van der Waals surface area (Å²) in [7, 11) is -3.64. The summed E-state index contributed by atoms with van der Waals surface area (Å²) >= 11 is 0. The van der Waals surface area contributed by atoms with Crippen molar-refractivity contribution in [2.45, 2.75) is 36.4 Å². The van der Waals surface area contributed by atoms with Crippen LogP contribution in [0.25, 0.3) is 0 Å². The number of rotatable bonds is 5. The highest BCUT2D eigenvalue weighted by Crippen LogP contribution is 2.51. The Balaban J connectivity index is 1.69. The number of hydrogen-bond acceptors (Lipinski definition) is 5. The molecule has 1 aliphatic carbocycles. The first-order valence-electron chi connectivity index (χ1n) is 8.15. The highest BCUT2D eigenvalue weighted by molar-refractivity contribution is 7.89. The molecule has 1 saturated heterocycles. The van der Waals surface area contributed by atoms with Gasteiger partial charge in [-0.3, -0.25) is 0 Å². The first kappa shape index (κ1) is 17.8. The van der Waals surface area contributed by atoms with Crippen LogP contribution in [0.5, 0.6) is 0 Å². The van der Waals surface area contributed by atoms with Gasteiger partial charge in [-0.25, -0.2) is 12.8 Å². The summed E-state index contributed by atoms with van der Waals surface area (Å²) in [5.74, 6) is -0.468. The van der Waals surface area contributed by atoms with E-state index in [1.807, 2.05) is 0 Å². The SMILES string of the molecule is NCCOC1CC(O)C12CCN(S(=O)(=O)c1ccc(F)cc1)CC2. The summed E-state index contributed by atoms with van der Waals surface area (Å²) in [6.07, 6.45) is 1.14. The normalized spacial score (nSPS) is 27.1. The van der Waals surface area contributed by atoms with Crippen molar-refractivity contribution >= 4 is 10.0 Å². The Bertz CT molecular complexity index is 672. The Kier molecular flexibility index (Phi) is 4.94. The van der Waals surface area contributed by atoms with Crippen molar-refractivity contribution in [3.8, 4) is 0 Å². The molecular formula is C16H23FN2O4S. The molecule has 1 heterocycles. The molecule has 8 heteroatoms. The molecule has 6 nitrogen and oxygen atoms in total. The van der Waals surface area contributed by atoms with Crippen molar-refractivity contribution in [1.29, 1.82) is 0 Å². The molecule has 2 fully saturated rings. The highest BCUT2D eigenvalue weighted by Gasteiger charge is 2.56. The van der Waals surface area contributed by atoms with Gasteiger partial charge < -0.3 is 15.6 Å². The van der Waals surface area contributed by atoms with Crippen LogP contribution < -0.4 is 5.73 Å². The molecule has 2 unspecified atom stereocenters. The van der Waals surface area contributed by atoms with Gasteiger partial charge in [-0.15, -0.1) is 0 Å². The van der Waals surface area contributed by atoms with E-state index in [0.29, 0.717) is 45.5 Å². The van der Waals surface area contributed by atoms with E-state index in [4.69, 9.17) is 10.5 Å². The summed E-state index contributed by atoms with van der Waals surface area (Å²) < 4.78 is 45.4. The largest absolute Gasteiger partial charge is 0.392 e. The Morgan fingerprint density at radius 3 is 2.46 bits per heavy atom. The molecule has 0 bridgehead atoms. The van der Waals surface area contributed by atoms with Crippen molar-refractivity contribution in [3.63, 3.8) is 0 Å². The van der Waals surface area contributed by atoms with Crippen LogP contribution in [0, 0.1) is 11.2 Å². The number of halogens is 1.